The van der Waals surface area contributed by atoms with Gasteiger partial charge >= 0.3 is 0 Å². The Bertz CT molecular complexity index is 566. The molecule has 0 radical (unpaired) electrons. The summed E-state index contributed by atoms with van der Waals surface area (Å²) >= 11 is 3.42. The number of hydrogen-bond acceptors (Lipinski definition) is 2. The van der Waals surface area contributed by atoms with Gasteiger partial charge in [0.25, 0.3) is 5.91 Å². The Kier molecular flexibility index (Phi) is 5.99. The number of amides is 1. The number of halogens is 1. The number of nitrogens with one attached hydrogen (secondary N) is 1. The number of nitrogens with zero attached hydrogens (tertiary/aromatic N) is 1. The molecule has 1 heterocycles. The molecule has 0 unspecified atom stereocenters. The van der Waals surface area contributed by atoms with Gasteiger partial charge in [0, 0.05) is 29.0 Å². The fourth-order valence-corrected chi connectivity index (χ4v) is 2.57. The highest BCUT2D eigenvalue weighted by molar-refractivity contribution is 9.09. The molecule has 0 aliphatic carbocycles. The van der Waals surface area contributed by atoms with Crippen LogP contribution in [0.3, 0.4) is 0 Å². The molecule has 0 saturated heterocycles. The normalized spacial score (nSPS) is 10.7. The van der Waals surface area contributed by atoms with E-state index in [1.54, 1.807) is 6.20 Å². The number of alkyl halides is 1. The molecule has 1 aromatic heterocycles. The third kappa shape index (κ3) is 4.04. The van der Waals surface area contributed by atoms with E-state index >= 15 is 0 Å². The lowest BCUT2D eigenvalue weighted by atomic mass is 10.1. The molecule has 0 spiro atoms. The van der Waals surface area contributed by atoms with Gasteiger partial charge in [-0.05, 0) is 31.0 Å². The number of pyridine rings is 1. The molecule has 0 saturated carbocycles. The number of aromatic nitrogens is 1. The average molecular weight is 335 g/mol. The number of carbonyl (C=O) groups is 1. The molecular formula is C16H19BrN2O. The minimum Gasteiger partial charge on any atom is -0.352 e. The maximum absolute atomic E-state index is 12.2. The van der Waals surface area contributed by atoms with Crippen molar-refractivity contribution in [1.29, 1.82) is 0 Å². The van der Waals surface area contributed by atoms with E-state index in [1.807, 2.05) is 30.3 Å². The smallest absolute Gasteiger partial charge is 0.251 e. The van der Waals surface area contributed by atoms with Gasteiger partial charge in [-0.2, -0.15) is 0 Å². The minimum atomic E-state index is -0.0101. The van der Waals surface area contributed by atoms with Crippen LogP contribution in [0.25, 0.3) is 10.9 Å². The summed E-state index contributed by atoms with van der Waals surface area (Å²) in [6, 6.07) is 9.45. The number of hydrogen-bond donors (Lipinski definition) is 1. The van der Waals surface area contributed by atoms with E-state index in [0.29, 0.717) is 5.56 Å². The Morgan fingerprint density at radius 1 is 1.10 bits per heavy atom. The van der Waals surface area contributed by atoms with Crippen LogP contribution in [0, 0.1) is 0 Å². The first kappa shape index (κ1) is 15.0. The monoisotopic (exact) mass is 334 g/mol. The number of rotatable bonds is 7. The van der Waals surface area contributed by atoms with Crippen LogP contribution in [0.4, 0.5) is 0 Å². The topological polar surface area (TPSA) is 42.0 Å². The highest BCUT2D eigenvalue weighted by Gasteiger charge is 2.09. The maximum Gasteiger partial charge on any atom is 0.251 e. The van der Waals surface area contributed by atoms with Crippen molar-refractivity contribution in [2.75, 3.05) is 11.9 Å². The zero-order valence-electron chi connectivity index (χ0n) is 11.4. The van der Waals surface area contributed by atoms with Crippen molar-refractivity contribution in [3.05, 3.63) is 42.1 Å². The van der Waals surface area contributed by atoms with E-state index in [1.165, 1.54) is 12.8 Å². The molecule has 3 nitrogen and oxygen atoms in total. The largest absolute Gasteiger partial charge is 0.352 e. The lowest BCUT2D eigenvalue weighted by Crippen LogP contribution is -2.24. The predicted molar refractivity (Wildman–Crippen MR) is 86.3 cm³/mol. The molecule has 0 atom stereocenters. The van der Waals surface area contributed by atoms with Crippen LogP contribution >= 0.6 is 15.9 Å². The van der Waals surface area contributed by atoms with Gasteiger partial charge in [-0.1, -0.05) is 40.9 Å². The van der Waals surface area contributed by atoms with E-state index in [0.717, 1.165) is 35.6 Å². The van der Waals surface area contributed by atoms with Gasteiger partial charge in [-0.3, -0.25) is 9.78 Å². The lowest BCUT2D eigenvalue weighted by molar-refractivity contribution is 0.0954. The minimum absolute atomic E-state index is 0.0101. The zero-order valence-corrected chi connectivity index (χ0v) is 13.0. The third-order valence-electron chi connectivity index (χ3n) is 3.24. The van der Waals surface area contributed by atoms with Crippen molar-refractivity contribution in [3.8, 4) is 0 Å². The molecule has 2 aromatic rings. The summed E-state index contributed by atoms with van der Waals surface area (Å²) in [5.41, 5.74) is 1.56. The van der Waals surface area contributed by atoms with Crippen molar-refractivity contribution < 1.29 is 4.79 Å². The van der Waals surface area contributed by atoms with Crippen molar-refractivity contribution >= 4 is 32.7 Å². The fraction of sp³-hybridized carbons (Fsp3) is 0.375. The van der Waals surface area contributed by atoms with Crippen LogP contribution in [0.5, 0.6) is 0 Å². The highest BCUT2D eigenvalue weighted by atomic mass is 79.9. The summed E-state index contributed by atoms with van der Waals surface area (Å²) in [6.07, 6.45) is 6.33. The molecule has 1 amide bonds. The Balaban J connectivity index is 1.91. The van der Waals surface area contributed by atoms with Crippen LogP contribution in [0.1, 0.15) is 36.0 Å². The number of carbonyl (C=O) groups excluding carboxylic acids is 1. The number of unbranched alkanes of at least 4 members (excludes halogenated alkanes) is 3. The fourth-order valence-electron chi connectivity index (χ4n) is 2.17. The Labute approximate surface area is 127 Å². The van der Waals surface area contributed by atoms with Crippen molar-refractivity contribution in [1.82, 2.24) is 10.3 Å². The second-order valence-corrected chi connectivity index (χ2v) is 5.53. The van der Waals surface area contributed by atoms with Crippen LogP contribution in [0.2, 0.25) is 0 Å². The number of benzene rings is 1. The molecule has 4 heteroatoms. The Morgan fingerprint density at radius 2 is 1.95 bits per heavy atom. The predicted octanol–water partition coefficient (Wildman–Crippen LogP) is 3.92. The maximum atomic E-state index is 12.2. The van der Waals surface area contributed by atoms with Gasteiger partial charge in [-0.15, -0.1) is 0 Å². The second-order valence-electron chi connectivity index (χ2n) is 4.73. The van der Waals surface area contributed by atoms with E-state index in [2.05, 4.69) is 26.2 Å². The first-order chi connectivity index (χ1) is 9.83. The van der Waals surface area contributed by atoms with Gasteiger partial charge in [-0.25, -0.2) is 0 Å². The Morgan fingerprint density at radius 3 is 2.80 bits per heavy atom. The average Bonchev–Trinajstić information content (AvgIpc) is 2.50. The molecule has 1 N–H and O–H groups in total. The van der Waals surface area contributed by atoms with Crippen LogP contribution in [-0.2, 0) is 0 Å². The van der Waals surface area contributed by atoms with Crippen LogP contribution in [-0.4, -0.2) is 22.8 Å². The standard InChI is InChI=1S/C16H19BrN2O/c17-10-3-1-2-4-11-19-16(20)14-7-5-9-15-13(14)8-6-12-18-15/h5-9,12H,1-4,10-11H2,(H,19,20). The summed E-state index contributed by atoms with van der Waals surface area (Å²) in [5, 5.41) is 4.96. The lowest BCUT2D eigenvalue weighted by Gasteiger charge is -2.07. The van der Waals surface area contributed by atoms with Gasteiger partial charge in [0.2, 0.25) is 0 Å². The van der Waals surface area contributed by atoms with Gasteiger partial charge < -0.3 is 5.32 Å². The molecule has 1 aromatic carbocycles. The van der Waals surface area contributed by atoms with Crippen LogP contribution in [0.15, 0.2) is 36.5 Å². The van der Waals surface area contributed by atoms with Crippen molar-refractivity contribution in [3.63, 3.8) is 0 Å². The molecule has 0 bridgehead atoms. The van der Waals surface area contributed by atoms with Crippen molar-refractivity contribution in [2.24, 2.45) is 0 Å². The molecule has 2 rings (SSSR count). The number of fused-ring (bicyclic) bond motifs is 1. The summed E-state index contributed by atoms with van der Waals surface area (Å²) < 4.78 is 0. The summed E-state index contributed by atoms with van der Waals surface area (Å²) in [7, 11) is 0. The molecule has 0 fully saturated rings. The van der Waals surface area contributed by atoms with E-state index in [9.17, 15) is 4.79 Å². The molecular weight excluding hydrogens is 316 g/mol. The summed E-state index contributed by atoms with van der Waals surface area (Å²) in [5.74, 6) is -0.0101. The van der Waals surface area contributed by atoms with Gasteiger partial charge in [0.1, 0.15) is 0 Å². The molecule has 0 aliphatic heterocycles. The van der Waals surface area contributed by atoms with Gasteiger partial charge in [0.15, 0.2) is 0 Å². The Hall–Kier alpha value is -1.42. The van der Waals surface area contributed by atoms with Crippen LogP contribution < -0.4 is 5.32 Å². The quantitative estimate of drug-likeness (QED) is 0.615. The molecule has 106 valence electrons. The van der Waals surface area contributed by atoms with E-state index < -0.39 is 0 Å². The summed E-state index contributed by atoms with van der Waals surface area (Å²) in [6.45, 7) is 0.734. The summed E-state index contributed by atoms with van der Waals surface area (Å²) in [4.78, 5) is 16.5. The van der Waals surface area contributed by atoms with E-state index in [4.69, 9.17) is 0 Å². The second kappa shape index (κ2) is 8.00. The van der Waals surface area contributed by atoms with E-state index in [-0.39, 0.29) is 5.91 Å². The van der Waals surface area contributed by atoms with Crippen molar-refractivity contribution in [2.45, 2.75) is 25.7 Å². The molecule has 0 aliphatic rings. The SMILES string of the molecule is O=C(NCCCCCCBr)c1cccc2ncccc12. The highest BCUT2D eigenvalue weighted by Crippen LogP contribution is 2.16. The zero-order chi connectivity index (χ0) is 14.2. The van der Waals surface area contributed by atoms with Gasteiger partial charge in [0.05, 0.1) is 5.52 Å². The third-order valence-corrected chi connectivity index (χ3v) is 3.80. The molecule has 20 heavy (non-hydrogen) atoms. The first-order valence-electron chi connectivity index (χ1n) is 7.01. The first-order valence-corrected chi connectivity index (χ1v) is 8.13.